The van der Waals surface area contributed by atoms with Gasteiger partial charge in [0.2, 0.25) is 5.88 Å². The molecule has 5 nitrogen and oxygen atoms in total. The molecule has 0 bridgehead atoms. The Morgan fingerprint density at radius 1 is 1.21 bits per heavy atom. The first-order valence-corrected chi connectivity index (χ1v) is 5.87. The van der Waals surface area contributed by atoms with Crippen molar-refractivity contribution in [1.29, 1.82) is 0 Å². The molecule has 0 aliphatic rings. The number of benzene rings is 1. The highest BCUT2D eigenvalue weighted by molar-refractivity contribution is 6.30. The van der Waals surface area contributed by atoms with Crippen LogP contribution in [0.15, 0.2) is 42.9 Å². The van der Waals surface area contributed by atoms with E-state index in [1.54, 1.807) is 30.6 Å². The lowest BCUT2D eigenvalue weighted by Gasteiger charge is -2.03. The molecular formula is C13H8ClN3O2. The summed E-state index contributed by atoms with van der Waals surface area (Å²) in [5.41, 5.74) is 1.99. The molecule has 0 fully saturated rings. The fourth-order valence-corrected chi connectivity index (χ4v) is 1.75. The summed E-state index contributed by atoms with van der Waals surface area (Å²) in [6.45, 7) is 0. The number of rotatable bonds is 2. The van der Waals surface area contributed by atoms with Crippen LogP contribution in [0.4, 0.5) is 0 Å². The summed E-state index contributed by atoms with van der Waals surface area (Å²) >= 11 is 5.70. The van der Waals surface area contributed by atoms with Crippen LogP contribution >= 0.6 is 11.6 Å². The Labute approximate surface area is 113 Å². The van der Waals surface area contributed by atoms with Gasteiger partial charge in [-0.1, -0.05) is 11.6 Å². The topological polar surface area (TPSA) is 67.9 Å². The Kier molecular flexibility index (Phi) is 2.89. The van der Waals surface area contributed by atoms with Crippen molar-refractivity contribution in [2.75, 3.05) is 0 Å². The summed E-state index contributed by atoms with van der Waals surface area (Å²) < 4.78 is 5.14. The van der Waals surface area contributed by atoms with E-state index in [2.05, 4.69) is 15.0 Å². The monoisotopic (exact) mass is 273 g/mol. The van der Waals surface area contributed by atoms with E-state index in [9.17, 15) is 4.79 Å². The van der Waals surface area contributed by atoms with E-state index < -0.39 is 5.97 Å². The van der Waals surface area contributed by atoms with Crippen LogP contribution in [0.3, 0.4) is 0 Å². The summed E-state index contributed by atoms with van der Waals surface area (Å²) in [5.74, 6) is -0.273. The molecule has 0 atom stereocenters. The van der Waals surface area contributed by atoms with E-state index >= 15 is 0 Å². The molecular weight excluding hydrogens is 266 g/mol. The molecule has 1 aromatic carbocycles. The lowest BCUT2D eigenvalue weighted by atomic mass is 10.2. The number of esters is 1. The van der Waals surface area contributed by atoms with Gasteiger partial charge in [0, 0.05) is 12.3 Å². The van der Waals surface area contributed by atoms with Gasteiger partial charge >= 0.3 is 5.97 Å². The summed E-state index contributed by atoms with van der Waals surface area (Å²) in [5, 5.41) is 0.485. The van der Waals surface area contributed by atoms with Crippen molar-refractivity contribution in [1.82, 2.24) is 15.0 Å². The number of carbonyl (C=O) groups excluding carboxylic acids is 1. The molecule has 3 rings (SSSR count). The first-order valence-electron chi connectivity index (χ1n) is 5.49. The number of fused-ring (bicyclic) bond motifs is 1. The lowest BCUT2D eigenvalue weighted by molar-refractivity contribution is 0.0727. The summed E-state index contributed by atoms with van der Waals surface area (Å²) in [7, 11) is 0. The summed E-state index contributed by atoms with van der Waals surface area (Å²) in [4.78, 5) is 22.8. The minimum Gasteiger partial charge on any atom is -0.404 e. The number of halogens is 1. The Morgan fingerprint density at radius 2 is 2.11 bits per heavy atom. The van der Waals surface area contributed by atoms with Gasteiger partial charge < -0.3 is 9.72 Å². The number of hydrogen-bond acceptors (Lipinski definition) is 4. The number of H-pyrrole nitrogens is 1. The third-order valence-electron chi connectivity index (χ3n) is 2.55. The van der Waals surface area contributed by atoms with Gasteiger partial charge in [0.1, 0.15) is 0 Å². The Hall–Kier alpha value is -2.40. The van der Waals surface area contributed by atoms with Gasteiger partial charge in [0.05, 0.1) is 27.9 Å². The van der Waals surface area contributed by atoms with Crippen molar-refractivity contribution in [3.63, 3.8) is 0 Å². The SMILES string of the molecule is O=C(Oc1ccc(Cl)cn1)c1ccc2nc[nH]c2c1. The number of nitrogens with one attached hydrogen (secondary N) is 1. The van der Waals surface area contributed by atoms with Crippen molar-refractivity contribution in [2.45, 2.75) is 0 Å². The number of pyridine rings is 1. The van der Waals surface area contributed by atoms with Crippen LogP contribution < -0.4 is 4.74 Å². The molecule has 0 saturated heterocycles. The third-order valence-corrected chi connectivity index (χ3v) is 2.78. The van der Waals surface area contributed by atoms with E-state index in [0.29, 0.717) is 10.6 Å². The smallest absolute Gasteiger partial charge is 0.344 e. The van der Waals surface area contributed by atoms with Gasteiger partial charge in [-0.2, -0.15) is 0 Å². The molecule has 0 amide bonds. The number of ether oxygens (including phenoxy) is 1. The minimum atomic E-state index is -0.480. The average molecular weight is 274 g/mol. The predicted molar refractivity (Wildman–Crippen MR) is 70.3 cm³/mol. The average Bonchev–Trinajstić information content (AvgIpc) is 2.88. The summed E-state index contributed by atoms with van der Waals surface area (Å²) in [6.07, 6.45) is 2.99. The third kappa shape index (κ3) is 2.41. The summed E-state index contributed by atoms with van der Waals surface area (Å²) in [6, 6.07) is 8.23. The van der Waals surface area contributed by atoms with E-state index in [-0.39, 0.29) is 5.88 Å². The van der Waals surface area contributed by atoms with Crippen LogP contribution in [-0.2, 0) is 0 Å². The first kappa shape index (κ1) is 11.7. The van der Waals surface area contributed by atoms with Crippen LogP contribution in [-0.4, -0.2) is 20.9 Å². The quantitative estimate of drug-likeness (QED) is 0.729. The van der Waals surface area contributed by atoms with Gasteiger partial charge in [-0.3, -0.25) is 0 Å². The van der Waals surface area contributed by atoms with Crippen LogP contribution in [0.5, 0.6) is 5.88 Å². The second-order valence-corrected chi connectivity index (χ2v) is 4.28. The van der Waals surface area contributed by atoms with Crippen molar-refractivity contribution in [2.24, 2.45) is 0 Å². The van der Waals surface area contributed by atoms with Gasteiger partial charge in [-0.15, -0.1) is 0 Å². The number of aromatic nitrogens is 3. The normalized spacial score (nSPS) is 10.6. The highest BCUT2D eigenvalue weighted by Gasteiger charge is 2.10. The molecule has 3 aromatic rings. The van der Waals surface area contributed by atoms with Crippen LogP contribution in [0.1, 0.15) is 10.4 Å². The second-order valence-electron chi connectivity index (χ2n) is 3.84. The van der Waals surface area contributed by atoms with Gasteiger partial charge in [0.15, 0.2) is 0 Å². The van der Waals surface area contributed by atoms with Crippen LogP contribution in [0.2, 0.25) is 5.02 Å². The van der Waals surface area contributed by atoms with Gasteiger partial charge in [0.25, 0.3) is 0 Å². The number of nitrogens with zero attached hydrogens (tertiary/aromatic N) is 2. The van der Waals surface area contributed by atoms with Crippen molar-refractivity contribution < 1.29 is 9.53 Å². The fourth-order valence-electron chi connectivity index (χ4n) is 1.64. The molecule has 0 saturated carbocycles. The van der Waals surface area contributed by atoms with Crippen molar-refractivity contribution >= 4 is 28.6 Å². The number of imidazole rings is 1. The lowest BCUT2D eigenvalue weighted by Crippen LogP contribution is -2.09. The molecule has 0 radical (unpaired) electrons. The minimum absolute atomic E-state index is 0.208. The molecule has 6 heteroatoms. The molecule has 0 spiro atoms. The van der Waals surface area contributed by atoms with E-state index in [1.807, 2.05) is 0 Å². The number of carbonyl (C=O) groups is 1. The number of hydrogen-bond donors (Lipinski definition) is 1. The van der Waals surface area contributed by atoms with Crippen molar-refractivity contribution in [3.8, 4) is 5.88 Å². The highest BCUT2D eigenvalue weighted by atomic mass is 35.5. The highest BCUT2D eigenvalue weighted by Crippen LogP contribution is 2.15. The zero-order valence-electron chi connectivity index (χ0n) is 9.63. The standard InChI is InChI=1S/C13H8ClN3O2/c14-9-2-4-12(15-6-9)19-13(18)8-1-3-10-11(5-8)17-7-16-10/h1-7H,(H,16,17). The van der Waals surface area contributed by atoms with Crippen LogP contribution in [0.25, 0.3) is 11.0 Å². The molecule has 19 heavy (non-hydrogen) atoms. The fraction of sp³-hybridized carbons (Fsp3) is 0. The Bertz CT molecular complexity index is 737. The Morgan fingerprint density at radius 3 is 2.89 bits per heavy atom. The maximum absolute atomic E-state index is 11.9. The number of aromatic amines is 1. The maximum Gasteiger partial charge on any atom is 0.344 e. The first-order chi connectivity index (χ1) is 9.22. The molecule has 0 aliphatic heterocycles. The molecule has 0 aliphatic carbocycles. The zero-order chi connectivity index (χ0) is 13.2. The van der Waals surface area contributed by atoms with E-state index in [1.165, 1.54) is 12.3 Å². The van der Waals surface area contributed by atoms with E-state index in [0.717, 1.165) is 11.0 Å². The molecule has 2 aromatic heterocycles. The van der Waals surface area contributed by atoms with Crippen LogP contribution in [0, 0.1) is 0 Å². The molecule has 0 unspecified atom stereocenters. The Balaban J connectivity index is 1.84. The van der Waals surface area contributed by atoms with Gasteiger partial charge in [-0.05, 0) is 24.3 Å². The molecule has 1 N–H and O–H groups in total. The predicted octanol–water partition coefficient (Wildman–Crippen LogP) is 2.83. The largest absolute Gasteiger partial charge is 0.404 e. The van der Waals surface area contributed by atoms with Crippen molar-refractivity contribution in [3.05, 3.63) is 53.4 Å². The second kappa shape index (κ2) is 4.70. The zero-order valence-corrected chi connectivity index (χ0v) is 10.4. The molecule has 94 valence electrons. The van der Waals surface area contributed by atoms with E-state index in [4.69, 9.17) is 16.3 Å². The maximum atomic E-state index is 11.9. The van der Waals surface area contributed by atoms with Gasteiger partial charge in [-0.25, -0.2) is 14.8 Å². The molecule has 2 heterocycles.